The van der Waals surface area contributed by atoms with Crippen molar-refractivity contribution in [2.45, 2.75) is 6.42 Å². The summed E-state index contributed by atoms with van der Waals surface area (Å²) in [6.45, 7) is 0. The van der Waals surface area contributed by atoms with Crippen molar-refractivity contribution in [2.75, 3.05) is 12.4 Å². The molecule has 108 valence electrons. The molecule has 2 aromatic rings. The Morgan fingerprint density at radius 3 is 2.71 bits per heavy atom. The van der Waals surface area contributed by atoms with Gasteiger partial charge in [0.2, 0.25) is 5.88 Å². The first-order chi connectivity index (χ1) is 10.1. The maximum absolute atomic E-state index is 12.3. The highest BCUT2D eigenvalue weighted by molar-refractivity contribution is 6.06. The van der Waals surface area contributed by atoms with Crippen LogP contribution in [0.15, 0.2) is 42.6 Å². The number of benzene rings is 1. The van der Waals surface area contributed by atoms with Crippen molar-refractivity contribution in [2.24, 2.45) is 0 Å². The van der Waals surface area contributed by atoms with E-state index in [2.05, 4.69) is 10.3 Å². The molecule has 6 nitrogen and oxygen atoms in total. The lowest BCUT2D eigenvalue weighted by molar-refractivity contribution is -0.136. The zero-order valence-electron chi connectivity index (χ0n) is 11.4. The van der Waals surface area contributed by atoms with Gasteiger partial charge in [0, 0.05) is 11.9 Å². The van der Waals surface area contributed by atoms with E-state index in [-0.39, 0.29) is 17.9 Å². The summed E-state index contributed by atoms with van der Waals surface area (Å²) in [6.07, 6.45) is 1.36. The number of methoxy groups -OCH3 is 1. The maximum atomic E-state index is 12.3. The van der Waals surface area contributed by atoms with Crippen LogP contribution in [0.5, 0.6) is 5.88 Å². The number of para-hydroxylation sites is 1. The maximum Gasteiger partial charge on any atom is 0.307 e. The van der Waals surface area contributed by atoms with Gasteiger partial charge >= 0.3 is 5.97 Å². The Hall–Kier alpha value is -2.89. The molecule has 0 spiro atoms. The Kier molecular flexibility index (Phi) is 4.50. The number of anilines is 1. The monoisotopic (exact) mass is 286 g/mol. The van der Waals surface area contributed by atoms with Gasteiger partial charge in [0.05, 0.1) is 13.5 Å². The highest BCUT2D eigenvalue weighted by Gasteiger charge is 2.15. The van der Waals surface area contributed by atoms with Gasteiger partial charge in [-0.15, -0.1) is 0 Å². The van der Waals surface area contributed by atoms with Gasteiger partial charge in [-0.05, 0) is 23.8 Å². The van der Waals surface area contributed by atoms with E-state index in [1.165, 1.54) is 13.3 Å². The van der Waals surface area contributed by atoms with Gasteiger partial charge in [0.15, 0.2) is 0 Å². The zero-order chi connectivity index (χ0) is 15.2. The molecule has 0 aliphatic heterocycles. The van der Waals surface area contributed by atoms with Gasteiger partial charge in [-0.3, -0.25) is 9.59 Å². The second kappa shape index (κ2) is 6.51. The number of carboxylic acids is 1. The van der Waals surface area contributed by atoms with E-state index in [0.29, 0.717) is 11.3 Å². The number of pyridine rings is 1. The number of hydrogen-bond acceptors (Lipinski definition) is 4. The Bertz CT molecular complexity index is 670. The molecule has 2 rings (SSSR count). The number of carboxylic acid groups (broad SMARTS) is 1. The van der Waals surface area contributed by atoms with Crippen molar-refractivity contribution >= 4 is 17.6 Å². The minimum atomic E-state index is -0.962. The quantitative estimate of drug-likeness (QED) is 0.877. The minimum absolute atomic E-state index is 0.166. The lowest BCUT2D eigenvalue weighted by Crippen LogP contribution is -2.15. The number of aliphatic carboxylic acids is 1. The molecule has 0 atom stereocenters. The van der Waals surface area contributed by atoms with E-state index in [0.717, 1.165) is 0 Å². The Labute approximate surface area is 121 Å². The number of nitrogens with one attached hydrogen (secondary N) is 1. The normalized spacial score (nSPS) is 9.95. The number of nitrogens with zero attached hydrogens (tertiary/aromatic N) is 1. The van der Waals surface area contributed by atoms with Crippen LogP contribution < -0.4 is 10.1 Å². The first-order valence-corrected chi connectivity index (χ1v) is 6.22. The van der Waals surface area contributed by atoms with Gasteiger partial charge in [0.1, 0.15) is 5.56 Å². The van der Waals surface area contributed by atoms with Gasteiger partial charge in [-0.1, -0.05) is 18.2 Å². The van der Waals surface area contributed by atoms with Gasteiger partial charge in [-0.25, -0.2) is 4.98 Å². The zero-order valence-corrected chi connectivity index (χ0v) is 11.4. The standard InChI is InChI=1S/C15H14N2O4/c1-21-15-11(6-4-8-16-15)14(20)17-12-7-3-2-5-10(12)9-13(18)19/h2-8H,9H2,1H3,(H,17,20)(H,18,19). The molecule has 2 N–H and O–H groups in total. The van der Waals surface area contributed by atoms with Crippen LogP contribution in [0.3, 0.4) is 0 Å². The molecule has 1 aromatic heterocycles. The molecule has 1 heterocycles. The van der Waals surface area contributed by atoms with Crippen LogP contribution in [-0.4, -0.2) is 29.1 Å². The number of amides is 1. The Balaban J connectivity index is 2.26. The highest BCUT2D eigenvalue weighted by atomic mass is 16.5. The summed E-state index contributed by atoms with van der Waals surface area (Å²) in [5.41, 5.74) is 1.27. The van der Waals surface area contributed by atoms with Crippen LogP contribution in [0.2, 0.25) is 0 Å². The number of aromatic nitrogens is 1. The van der Waals surface area contributed by atoms with Crippen molar-refractivity contribution in [3.63, 3.8) is 0 Å². The third-order valence-corrected chi connectivity index (χ3v) is 2.82. The summed E-state index contributed by atoms with van der Waals surface area (Å²) in [5, 5.41) is 11.6. The second-order valence-corrected chi connectivity index (χ2v) is 4.24. The van der Waals surface area contributed by atoms with Crippen LogP contribution in [0.25, 0.3) is 0 Å². The van der Waals surface area contributed by atoms with Crippen molar-refractivity contribution in [3.8, 4) is 5.88 Å². The van der Waals surface area contributed by atoms with E-state index in [4.69, 9.17) is 9.84 Å². The molecule has 0 aliphatic carbocycles. The summed E-state index contributed by atoms with van der Waals surface area (Å²) in [4.78, 5) is 27.0. The fourth-order valence-electron chi connectivity index (χ4n) is 1.88. The van der Waals surface area contributed by atoms with E-state index in [1.54, 1.807) is 36.4 Å². The molecule has 0 bridgehead atoms. The van der Waals surface area contributed by atoms with Gasteiger partial charge in [-0.2, -0.15) is 0 Å². The fourth-order valence-corrected chi connectivity index (χ4v) is 1.88. The topological polar surface area (TPSA) is 88.5 Å². The average Bonchev–Trinajstić information content (AvgIpc) is 2.48. The predicted octanol–water partition coefficient (Wildman–Crippen LogP) is 1.97. The first-order valence-electron chi connectivity index (χ1n) is 6.22. The first kappa shape index (κ1) is 14.5. The fraction of sp³-hybridized carbons (Fsp3) is 0.133. The second-order valence-electron chi connectivity index (χ2n) is 4.24. The molecule has 1 amide bonds. The highest BCUT2D eigenvalue weighted by Crippen LogP contribution is 2.19. The summed E-state index contributed by atoms with van der Waals surface area (Å²) < 4.78 is 5.03. The van der Waals surface area contributed by atoms with E-state index in [1.807, 2.05) is 0 Å². The van der Waals surface area contributed by atoms with Crippen LogP contribution in [-0.2, 0) is 11.2 Å². The molecular weight excluding hydrogens is 272 g/mol. The molecule has 0 unspecified atom stereocenters. The average molecular weight is 286 g/mol. The summed E-state index contributed by atoms with van der Waals surface area (Å²) in [5.74, 6) is -1.15. The smallest absolute Gasteiger partial charge is 0.307 e. The molecule has 0 fully saturated rings. The summed E-state index contributed by atoms with van der Waals surface area (Å²) in [6, 6.07) is 9.96. The summed E-state index contributed by atoms with van der Waals surface area (Å²) >= 11 is 0. The van der Waals surface area contributed by atoms with Crippen molar-refractivity contribution < 1.29 is 19.4 Å². The van der Waals surface area contributed by atoms with E-state index >= 15 is 0 Å². The van der Waals surface area contributed by atoms with Gasteiger partial charge < -0.3 is 15.2 Å². The number of ether oxygens (including phenoxy) is 1. The van der Waals surface area contributed by atoms with Crippen molar-refractivity contribution in [1.29, 1.82) is 0 Å². The van der Waals surface area contributed by atoms with Crippen LogP contribution in [0.1, 0.15) is 15.9 Å². The van der Waals surface area contributed by atoms with E-state index in [9.17, 15) is 9.59 Å². The third-order valence-electron chi connectivity index (χ3n) is 2.82. The lowest BCUT2D eigenvalue weighted by Gasteiger charge is -2.11. The SMILES string of the molecule is COc1ncccc1C(=O)Nc1ccccc1CC(=O)O. The van der Waals surface area contributed by atoms with Crippen LogP contribution in [0, 0.1) is 0 Å². The summed E-state index contributed by atoms with van der Waals surface area (Å²) in [7, 11) is 1.43. The molecule has 6 heteroatoms. The Morgan fingerprint density at radius 2 is 2.00 bits per heavy atom. The molecule has 0 radical (unpaired) electrons. The predicted molar refractivity (Wildman–Crippen MR) is 76.5 cm³/mol. The number of carbonyl (C=O) groups is 2. The van der Waals surface area contributed by atoms with Crippen LogP contribution >= 0.6 is 0 Å². The molecule has 1 aromatic carbocycles. The largest absolute Gasteiger partial charge is 0.481 e. The minimum Gasteiger partial charge on any atom is -0.481 e. The van der Waals surface area contributed by atoms with Crippen molar-refractivity contribution in [3.05, 3.63) is 53.7 Å². The third kappa shape index (κ3) is 3.56. The number of hydrogen-bond donors (Lipinski definition) is 2. The Morgan fingerprint density at radius 1 is 1.24 bits per heavy atom. The molecule has 0 saturated carbocycles. The van der Waals surface area contributed by atoms with Gasteiger partial charge in [0.25, 0.3) is 5.91 Å². The van der Waals surface area contributed by atoms with E-state index < -0.39 is 11.9 Å². The molecule has 21 heavy (non-hydrogen) atoms. The van der Waals surface area contributed by atoms with Crippen LogP contribution in [0.4, 0.5) is 5.69 Å². The van der Waals surface area contributed by atoms with Crippen molar-refractivity contribution in [1.82, 2.24) is 4.98 Å². The lowest BCUT2D eigenvalue weighted by atomic mass is 10.1. The number of carbonyl (C=O) groups excluding carboxylic acids is 1. The molecule has 0 saturated heterocycles. The molecule has 0 aliphatic rings. The molecular formula is C15H14N2O4. The number of rotatable bonds is 5.